The van der Waals surface area contributed by atoms with Crippen molar-refractivity contribution < 1.29 is 0 Å². The second-order valence-corrected chi connectivity index (χ2v) is 1.15. The molecule has 0 fully saturated rings. The summed E-state index contributed by atoms with van der Waals surface area (Å²) in [6, 6.07) is 0. The summed E-state index contributed by atoms with van der Waals surface area (Å²) in [5.41, 5.74) is 0. The predicted octanol–water partition coefficient (Wildman–Crippen LogP) is -1.76. The average molecular weight is 83.1 g/mol. The molecule has 28 valence electrons. The number of hydrogen-bond donors (Lipinski definition) is 0. The van der Waals surface area contributed by atoms with E-state index in [9.17, 15) is 0 Å². The molecule has 0 heterocycles. The monoisotopic (exact) mass is 84.1 g/mol. The third-order valence-corrected chi connectivity index (χ3v) is 0.551. The Hall–Kier alpha value is 0.0647. The van der Waals surface area contributed by atoms with Gasteiger partial charge in [0.2, 0.25) is 0 Å². The molecule has 0 saturated heterocycles. The molecule has 0 saturated carbocycles. The normalized spacial score (nSPS) is 6.29. The van der Waals surface area contributed by atoms with Crippen LogP contribution in [-0.4, -0.2) is 34.6 Å². The van der Waals surface area contributed by atoms with E-state index in [1.165, 1.54) is 0 Å². The Morgan fingerprint density at radius 1 is 1.43 bits per heavy atom. The molecule has 0 aliphatic rings. The molecule has 0 rings (SSSR count). The first-order chi connectivity index (χ1) is 3.41. The zero-order valence-electron chi connectivity index (χ0n) is 4.59. The first kappa shape index (κ1) is 7.06. The van der Waals surface area contributed by atoms with Crippen LogP contribution >= 0.6 is 0 Å². The average Bonchev–Trinajstić information content (AvgIpc) is 1.69. The molecule has 0 N–H and O–H groups in total. The summed E-state index contributed by atoms with van der Waals surface area (Å²) in [6.45, 7) is 11.3. The molecule has 0 aliphatic carbocycles. The second kappa shape index (κ2) is 6.06. The van der Waals surface area contributed by atoms with E-state index >= 15 is 0 Å². The fourth-order valence-corrected chi connectivity index (χ4v) is 0.254. The maximum atomic E-state index is 3.51. The van der Waals surface area contributed by atoms with Crippen LogP contribution in [-0.2, 0) is 0 Å². The van der Waals surface area contributed by atoms with Gasteiger partial charge < -0.3 is 0 Å². The molecule has 7 heavy (non-hydrogen) atoms. The van der Waals surface area contributed by atoms with Crippen LogP contribution in [0.25, 0.3) is 0 Å². The number of rotatable bonds is 2. The van der Waals surface area contributed by atoms with Crippen molar-refractivity contribution in [2.24, 2.45) is 0 Å². The quantitative estimate of drug-likeness (QED) is 0.347. The minimum absolute atomic E-state index is 1.75. The predicted molar refractivity (Wildman–Crippen MR) is 41.8 cm³/mol. The van der Waals surface area contributed by atoms with Gasteiger partial charge in [-0.15, -0.1) is 0 Å². The van der Waals surface area contributed by atoms with Crippen molar-refractivity contribution in [1.82, 2.24) is 0 Å². The van der Waals surface area contributed by atoms with E-state index in [2.05, 4.69) is 6.58 Å². The molecule has 0 aromatic carbocycles. The summed E-state index contributed by atoms with van der Waals surface area (Å²) >= 11 is 0. The van der Waals surface area contributed by atoms with E-state index in [0.29, 0.717) is 0 Å². The van der Waals surface area contributed by atoms with E-state index in [1.807, 2.05) is 34.6 Å². The fraction of sp³-hybridized carbons (Fsp3) is 0. The first-order valence-electron chi connectivity index (χ1n) is 2.32. The molecule has 0 amide bonds. The molecular weight excluding hydrogens is 78.1 g/mol. The van der Waals surface area contributed by atoms with Gasteiger partial charge in [0.05, 0.1) is 0 Å². The Morgan fingerprint density at radius 3 is 2.57 bits per heavy atom. The Kier molecular flexibility index (Phi) is 6.12. The van der Waals surface area contributed by atoms with Crippen LogP contribution in [0.4, 0.5) is 0 Å². The zero-order valence-corrected chi connectivity index (χ0v) is 4.59. The van der Waals surface area contributed by atoms with Crippen LogP contribution in [0.2, 0.25) is 0 Å². The van der Waals surface area contributed by atoms with Crippen LogP contribution in [0.3, 0.4) is 0 Å². The van der Waals surface area contributed by atoms with Gasteiger partial charge in [-0.25, -0.2) is 0 Å². The Labute approximate surface area is 48.0 Å². The first-order valence-corrected chi connectivity index (χ1v) is 2.32. The van der Waals surface area contributed by atoms with E-state index in [1.54, 1.807) is 5.98 Å². The van der Waals surface area contributed by atoms with Crippen molar-refractivity contribution in [1.29, 1.82) is 0 Å². The van der Waals surface area contributed by atoms with Crippen molar-refractivity contribution in [3.8, 4) is 0 Å². The van der Waals surface area contributed by atoms with E-state index in [4.69, 9.17) is 0 Å². The van der Waals surface area contributed by atoms with Gasteiger partial charge in [-0.3, -0.25) is 0 Å². The maximum absolute atomic E-state index is 3.51. The van der Waals surface area contributed by atoms with E-state index in [-0.39, 0.29) is 0 Å². The molecule has 0 aliphatic heterocycles. The topological polar surface area (TPSA) is 0 Å². The third kappa shape index (κ3) is 6.06. The van der Waals surface area contributed by atoms with E-state index in [0.717, 1.165) is 0 Å². The minimum atomic E-state index is 1.75. The molecule has 0 aromatic rings. The molecule has 0 radical (unpaired) electrons. The van der Waals surface area contributed by atoms with Crippen molar-refractivity contribution in [3.63, 3.8) is 0 Å². The SMILES string of the molecule is BB=BB=BC=C. The van der Waals surface area contributed by atoms with Crippen molar-refractivity contribution in [3.05, 3.63) is 12.6 Å². The standard InChI is InChI=1S/C2H5B5/c1-2-4-6-7-5-3/h2H,1,3H2. The summed E-state index contributed by atoms with van der Waals surface area (Å²) in [4.78, 5) is 0. The fourth-order valence-electron chi connectivity index (χ4n) is 0.254. The van der Waals surface area contributed by atoms with Crippen molar-refractivity contribution in [2.45, 2.75) is 0 Å². The van der Waals surface area contributed by atoms with E-state index < -0.39 is 0 Å². The Morgan fingerprint density at radius 2 is 2.14 bits per heavy atom. The van der Waals surface area contributed by atoms with Crippen molar-refractivity contribution in [2.75, 3.05) is 0 Å². The Bertz CT molecular complexity index is 92.3. The van der Waals surface area contributed by atoms with Crippen LogP contribution in [0.15, 0.2) is 12.6 Å². The van der Waals surface area contributed by atoms with Crippen LogP contribution in [0.1, 0.15) is 0 Å². The van der Waals surface area contributed by atoms with Gasteiger partial charge in [0, 0.05) is 0 Å². The van der Waals surface area contributed by atoms with Crippen LogP contribution in [0, 0.1) is 0 Å². The third-order valence-electron chi connectivity index (χ3n) is 0.551. The molecule has 0 unspecified atom stereocenters. The van der Waals surface area contributed by atoms with Gasteiger partial charge in [0.1, 0.15) is 0 Å². The van der Waals surface area contributed by atoms with Crippen LogP contribution < -0.4 is 0 Å². The van der Waals surface area contributed by atoms with Gasteiger partial charge in [-0.2, -0.15) is 0 Å². The summed E-state index contributed by atoms with van der Waals surface area (Å²) < 4.78 is 0. The zero-order chi connectivity index (χ0) is 5.54. The molecule has 5 heteroatoms. The molecule has 0 spiro atoms. The molecular formula is C2H5B5. The van der Waals surface area contributed by atoms with Gasteiger partial charge in [-0.05, 0) is 0 Å². The Balaban J connectivity index is 3.27. The summed E-state index contributed by atoms with van der Waals surface area (Å²) in [5.74, 6) is 1.75. The van der Waals surface area contributed by atoms with Gasteiger partial charge in [0.15, 0.2) is 0 Å². The van der Waals surface area contributed by atoms with Crippen LogP contribution in [0.5, 0.6) is 0 Å². The molecule has 0 nitrogen and oxygen atoms in total. The second-order valence-electron chi connectivity index (χ2n) is 1.15. The molecule has 0 aromatic heterocycles. The molecule has 0 atom stereocenters. The summed E-state index contributed by atoms with van der Waals surface area (Å²) in [5, 5.41) is 0. The van der Waals surface area contributed by atoms with Gasteiger partial charge in [-0.1, -0.05) is 0 Å². The van der Waals surface area contributed by atoms with Gasteiger partial charge >= 0.3 is 47.2 Å². The van der Waals surface area contributed by atoms with Crippen molar-refractivity contribution >= 4 is 34.6 Å². The summed E-state index contributed by atoms with van der Waals surface area (Å²) in [6.07, 6.45) is 0. The molecule has 0 bridgehead atoms. The summed E-state index contributed by atoms with van der Waals surface area (Å²) in [7, 11) is 1.98. The number of hydrogen-bond acceptors (Lipinski definition) is 0. The van der Waals surface area contributed by atoms with Gasteiger partial charge in [0.25, 0.3) is 0 Å².